The van der Waals surface area contributed by atoms with E-state index in [0.717, 1.165) is 0 Å². The number of hydrogen-bond acceptors (Lipinski definition) is 6. The number of carbonyl (C=O) groups excluding carboxylic acids is 2. The van der Waals surface area contributed by atoms with Crippen molar-refractivity contribution in [3.63, 3.8) is 0 Å². The Kier molecular flexibility index (Phi) is 3.88. The molecule has 0 N–H and O–H groups in total. The molecule has 8 nitrogen and oxygen atoms in total. The summed E-state index contributed by atoms with van der Waals surface area (Å²) in [4.78, 5) is 25.8. The van der Waals surface area contributed by atoms with Gasteiger partial charge in [0.2, 0.25) is 5.91 Å². The maximum atomic E-state index is 12.4. The van der Waals surface area contributed by atoms with Gasteiger partial charge in [-0.2, -0.15) is 0 Å². The van der Waals surface area contributed by atoms with Gasteiger partial charge in [-0.3, -0.25) is 9.59 Å². The van der Waals surface area contributed by atoms with Gasteiger partial charge in [-0.1, -0.05) is 17.3 Å². The lowest BCUT2D eigenvalue weighted by molar-refractivity contribution is -0.130. The van der Waals surface area contributed by atoms with E-state index in [9.17, 15) is 18.0 Å². The molecule has 0 saturated carbocycles. The number of rotatable bonds is 4. The Morgan fingerprint density at radius 3 is 2.67 bits per heavy atom. The molecule has 0 saturated heterocycles. The number of benzene rings is 1. The molecule has 9 heteroatoms. The lowest BCUT2D eigenvalue weighted by Crippen LogP contribution is -2.41. The molecule has 1 aliphatic heterocycles. The number of amides is 2. The van der Waals surface area contributed by atoms with E-state index in [2.05, 4.69) is 5.16 Å². The summed E-state index contributed by atoms with van der Waals surface area (Å²) in [5.74, 6) is -0.594. The van der Waals surface area contributed by atoms with Crippen molar-refractivity contribution >= 4 is 21.8 Å². The Morgan fingerprint density at radius 2 is 2.04 bits per heavy atom. The molecule has 0 bridgehead atoms. The third-order valence-electron chi connectivity index (χ3n) is 3.69. The predicted octanol–water partition coefficient (Wildman–Crippen LogP) is 0.786. The number of hydrogen-bond donors (Lipinski definition) is 0. The standard InChI is InChI=1S/C15H15N3O5S/c1-10-7-11(16-23-10)8-17(2)14(19)9-18-15(20)12-5-3-4-6-13(12)24(18,21)22/h3-7H,8-9H2,1-2H3. The van der Waals surface area contributed by atoms with Crippen molar-refractivity contribution in [1.29, 1.82) is 0 Å². The molecule has 1 aliphatic rings. The van der Waals surface area contributed by atoms with E-state index < -0.39 is 28.4 Å². The summed E-state index contributed by atoms with van der Waals surface area (Å²) in [7, 11) is -2.48. The quantitative estimate of drug-likeness (QED) is 0.809. The van der Waals surface area contributed by atoms with Gasteiger partial charge in [-0.25, -0.2) is 12.7 Å². The van der Waals surface area contributed by atoms with Gasteiger partial charge in [0.05, 0.1) is 12.1 Å². The first-order valence-electron chi connectivity index (χ1n) is 7.13. The maximum Gasteiger partial charge on any atom is 0.269 e. The first kappa shape index (κ1) is 16.2. The van der Waals surface area contributed by atoms with Gasteiger partial charge in [0.1, 0.15) is 22.9 Å². The number of fused-ring (bicyclic) bond motifs is 1. The summed E-state index contributed by atoms with van der Waals surface area (Å²) >= 11 is 0. The van der Waals surface area contributed by atoms with Crippen molar-refractivity contribution in [2.75, 3.05) is 13.6 Å². The molecule has 0 radical (unpaired) electrons. The van der Waals surface area contributed by atoms with Crippen LogP contribution in [-0.2, 0) is 21.4 Å². The largest absolute Gasteiger partial charge is 0.361 e. The van der Waals surface area contributed by atoms with Gasteiger partial charge in [0.15, 0.2) is 0 Å². The smallest absolute Gasteiger partial charge is 0.269 e. The van der Waals surface area contributed by atoms with Crippen LogP contribution in [0.2, 0.25) is 0 Å². The molecule has 3 rings (SSSR count). The van der Waals surface area contributed by atoms with Crippen LogP contribution in [0.3, 0.4) is 0 Å². The van der Waals surface area contributed by atoms with Crippen molar-refractivity contribution < 1.29 is 22.5 Å². The second-order valence-corrected chi connectivity index (χ2v) is 7.32. The fraction of sp³-hybridized carbons (Fsp3) is 0.267. The molecule has 0 spiro atoms. The molecule has 0 unspecified atom stereocenters. The van der Waals surface area contributed by atoms with Crippen molar-refractivity contribution in [3.8, 4) is 0 Å². The van der Waals surface area contributed by atoms with E-state index in [4.69, 9.17) is 4.52 Å². The summed E-state index contributed by atoms with van der Waals surface area (Å²) in [6.45, 7) is 1.33. The number of sulfonamides is 1. The summed E-state index contributed by atoms with van der Waals surface area (Å²) < 4.78 is 30.4. The SMILES string of the molecule is Cc1cc(CN(C)C(=O)CN2C(=O)c3ccccc3S2(=O)=O)no1. The van der Waals surface area contributed by atoms with Crippen LogP contribution in [0, 0.1) is 6.92 Å². The Balaban J connectivity index is 1.76. The fourth-order valence-electron chi connectivity index (χ4n) is 2.45. The van der Waals surface area contributed by atoms with Gasteiger partial charge in [-0.15, -0.1) is 0 Å². The average Bonchev–Trinajstić information content (AvgIpc) is 3.03. The fourth-order valence-corrected chi connectivity index (χ4v) is 3.97. The molecule has 0 aliphatic carbocycles. The van der Waals surface area contributed by atoms with Crippen molar-refractivity contribution in [2.24, 2.45) is 0 Å². The van der Waals surface area contributed by atoms with Crippen molar-refractivity contribution in [2.45, 2.75) is 18.4 Å². The van der Waals surface area contributed by atoms with Crippen molar-refractivity contribution in [3.05, 3.63) is 47.3 Å². The minimum atomic E-state index is -3.99. The van der Waals surface area contributed by atoms with Crippen LogP contribution in [0.5, 0.6) is 0 Å². The first-order valence-corrected chi connectivity index (χ1v) is 8.57. The highest BCUT2D eigenvalue weighted by Crippen LogP contribution is 2.29. The van der Waals surface area contributed by atoms with Gasteiger partial charge in [0.25, 0.3) is 15.9 Å². The van der Waals surface area contributed by atoms with Gasteiger partial charge >= 0.3 is 0 Å². The highest BCUT2D eigenvalue weighted by atomic mass is 32.2. The van der Waals surface area contributed by atoms with Crippen LogP contribution in [0.25, 0.3) is 0 Å². The third-order valence-corrected chi connectivity index (χ3v) is 5.48. The molecule has 1 aromatic heterocycles. The van der Waals surface area contributed by atoms with Crippen LogP contribution >= 0.6 is 0 Å². The first-order chi connectivity index (χ1) is 11.3. The highest BCUT2D eigenvalue weighted by Gasteiger charge is 2.42. The van der Waals surface area contributed by atoms with Gasteiger partial charge < -0.3 is 9.42 Å². The third kappa shape index (κ3) is 2.67. The average molecular weight is 349 g/mol. The minimum absolute atomic E-state index is 0.0717. The molecule has 2 aromatic rings. The molecule has 2 amide bonds. The second-order valence-electron chi connectivity index (χ2n) is 5.49. The highest BCUT2D eigenvalue weighted by molar-refractivity contribution is 7.90. The van der Waals surface area contributed by atoms with Crippen LogP contribution in [0.1, 0.15) is 21.8 Å². The number of carbonyl (C=O) groups is 2. The van der Waals surface area contributed by atoms with Gasteiger partial charge in [-0.05, 0) is 19.1 Å². The van der Waals surface area contributed by atoms with E-state index in [1.165, 1.54) is 30.1 Å². The topological polar surface area (TPSA) is 101 Å². The Morgan fingerprint density at radius 1 is 1.33 bits per heavy atom. The van der Waals surface area contributed by atoms with Crippen LogP contribution in [0.15, 0.2) is 39.8 Å². The van der Waals surface area contributed by atoms with E-state index in [-0.39, 0.29) is 17.0 Å². The second kappa shape index (κ2) is 5.75. The summed E-state index contributed by atoms with van der Waals surface area (Å²) in [6, 6.07) is 7.58. The Hall–Kier alpha value is -2.68. The van der Waals surface area contributed by atoms with E-state index >= 15 is 0 Å². The molecule has 126 valence electrons. The molecule has 0 fully saturated rings. The summed E-state index contributed by atoms with van der Waals surface area (Å²) in [6.07, 6.45) is 0. The lowest BCUT2D eigenvalue weighted by Gasteiger charge is -2.20. The van der Waals surface area contributed by atoms with E-state index in [1.807, 2.05) is 0 Å². The Labute approximate surface area is 138 Å². The van der Waals surface area contributed by atoms with Crippen molar-refractivity contribution in [1.82, 2.24) is 14.4 Å². The molecule has 1 aromatic carbocycles. The monoisotopic (exact) mass is 349 g/mol. The number of likely N-dealkylation sites (N-methyl/N-ethyl adjacent to an activating group) is 1. The number of aromatic nitrogens is 1. The number of nitrogens with zero attached hydrogens (tertiary/aromatic N) is 3. The summed E-state index contributed by atoms with van der Waals surface area (Å²) in [5.41, 5.74) is 0.627. The molecule has 24 heavy (non-hydrogen) atoms. The lowest BCUT2D eigenvalue weighted by atomic mass is 10.2. The maximum absolute atomic E-state index is 12.4. The van der Waals surface area contributed by atoms with Gasteiger partial charge in [0, 0.05) is 13.1 Å². The predicted molar refractivity (Wildman–Crippen MR) is 82.4 cm³/mol. The Bertz CT molecular complexity index is 919. The minimum Gasteiger partial charge on any atom is -0.361 e. The zero-order valence-electron chi connectivity index (χ0n) is 13.1. The molecule has 2 heterocycles. The molecular formula is C15H15N3O5S. The van der Waals surface area contributed by atoms with Crippen LogP contribution < -0.4 is 0 Å². The van der Waals surface area contributed by atoms with Crippen LogP contribution in [0.4, 0.5) is 0 Å². The normalized spacial score (nSPS) is 15.4. The van der Waals surface area contributed by atoms with Crippen LogP contribution in [-0.4, -0.2) is 48.2 Å². The zero-order chi connectivity index (χ0) is 17.5. The zero-order valence-corrected chi connectivity index (χ0v) is 13.9. The summed E-state index contributed by atoms with van der Waals surface area (Å²) in [5, 5.41) is 3.78. The van der Waals surface area contributed by atoms with E-state index in [0.29, 0.717) is 15.8 Å². The molecule has 0 atom stereocenters. The number of aryl methyl sites for hydroxylation is 1. The van der Waals surface area contributed by atoms with E-state index in [1.54, 1.807) is 19.1 Å². The molecular weight excluding hydrogens is 334 g/mol.